The van der Waals surface area contributed by atoms with Crippen LogP contribution in [0.5, 0.6) is 0 Å². The molecule has 0 spiro atoms. The molecule has 4 rings (SSSR count). The van der Waals surface area contributed by atoms with Crippen molar-refractivity contribution >= 4 is 23.1 Å². The van der Waals surface area contributed by atoms with Gasteiger partial charge in [-0.3, -0.25) is 14.6 Å². The summed E-state index contributed by atoms with van der Waals surface area (Å²) in [5, 5.41) is 2.55. The van der Waals surface area contributed by atoms with Gasteiger partial charge in [0, 0.05) is 34.2 Å². The maximum absolute atomic E-state index is 13.0. The summed E-state index contributed by atoms with van der Waals surface area (Å²) in [5.41, 5.74) is 4.66. The third kappa shape index (κ3) is 4.53. The SMILES string of the molecule is Cc1cc(C(=O)[C@@H](C)OC(=O)Cc2csc(-c3ccccn3)n2)c(C)n1-c1ccccc1. The predicted octanol–water partition coefficient (Wildman–Crippen LogP) is 4.97. The van der Waals surface area contributed by atoms with Gasteiger partial charge >= 0.3 is 5.97 Å². The first kappa shape index (κ1) is 21.6. The number of Topliss-reactive ketones (excluding diaryl/α,β-unsaturated/α-hetero) is 1. The number of ketones is 1. The molecule has 0 bridgehead atoms. The Balaban J connectivity index is 1.43. The van der Waals surface area contributed by atoms with Crippen LogP contribution in [-0.2, 0) is 16.0 Å². The number of thiazole rings is 1. The summed E-state index contributed by atoms with van der Waals surface area (Å²) in [6.45, 7) is 5.46. The summed E-state index contributed by atoms with van der Waals surface area (Å²) in [6, 6.07) is 17.3. The smallest absolute Gasteiger partial charge is 0.312 e. The van der Waals surface area contributed by atoms with E-state index in [1.165, 1.54) is 11.3 Å². The average Bonchev–Trinajstić information content (AvgIpc) is 3.38. The van der Waals surface area contributed by atoms with E-state index in [0.717, 1.165) is 27.8 Å². The van der Waals surface area contributed by atoms with Crippen molar-refractivity contribution in [2.45, 2.75) is 33.3 Å². The molecule has 0 aliphatic rings. The molecule has 0 radical (unpaired) electrons. The van der Waals surface area contributed by atoms with Crippen molar-refractivity contribution in [1.82, 2.24) is 14.5 Å². The third-order valence-electron chi connectivity index (χ3n) is 5.15. The van der Waals surface area contributed by atoms with Gasteiger partial charge in [0.15, 0.2) is 6.10 Å². The second kappa shape index (κ2) is 9.28. The van der Waals surface area contributed by atoms with Crippen LogP contribution < -0.4 is 0 Å². The second-order valence-electron chi connectivity index (χ2n) is 7.49. The van der Waals surface area contributed by atoms with Gasteiger partial charge in [0.1, 0.15) is 5.01 Å². The number of aryl methyl sites for hydroxylation is 1. The number of pyridine rings is 1. The monoisotopic (exact) mass is 445 g/mol. The molecule has 1 atom stereocenters. The summed E-state index contributed by atoms with van der Waals surface area (Å²) in [7, 11) is 0. The third-order valence-corrected chi connectivity index (χ3v) is 6.06. The van der Waals surface area contributed by atoms with E-state index < -0.39 is 12.1 Å². The number of ether oxygens (including phenoxy) is 1. The summed E-state index contributed by atoms with van der Waals surface area (Å²) < 4.78 is 7.47. The molecule has 0 N–H and O–H groups in total. The molecule has 0 fully saturated rings. The van der Waals surface area contributed by atoms with Crippen molar-refractivity contribution in [3.05, 3.63) is 88.8 Å². The molecular formula is C25H23N3O3S. The molecule has 0 unspecified atom stereocenters. The second-order valence-corrected chi connectivity index (χ2v) is 8.35. The predicted molar refractivity (Wildman–Crippen MR) is 124 cm³/mol. The average molecular weight is 446 g/mol. The minimum Gasteiger partial charge on any atom is -0.454 e. The zero-order chi connectivity index (χ0) is 22.7. The van der Waals surface area contributed by atoms with E-state index >= 15 is 0 Å². The van der Waals surface area contributed by atoms with Crippen LogP contribution in [0.4, 0.5) is 0 Å². The van der Waals surface area contributed by atoms with Crippen LogP contribution in [-0.4, -0.2) is 32.4 Å². The Hall–Kier alpha value is -3.58. The highest BCUT2D eigenvalue weighted by Crippen LogP contribution is 2.24. The largest absolute Gasteiger partial charge is 0.454 e. The molecule has 4 aromatic rings. The molecule has 1 aromatic carbocycles. The molecular weight excluding hydrogens is 422 g/mol. The zero-order valence-corrected chi connectivity index (χ0v) is 18.9. The summed E-state index contributed by atoms with van der Waals surface area (Å²) in [5.74, 6) is -0.707. The molecule has 32 heavy (non-hydrogen) atoms. The Morgan fingerprint density at radius 3 is 2.56 bits per heavy atom. The van der Waals surface area contributed by atoms with Crippen molar-refractivity contribution in [2.24, 2.45) is 0 Å². The van der Waals surface area contributed by atoms with Gasteiger partial charge in [0.05, 0.1) is 17.8 Å². The first-order valence-corrected chi connectivity index (χ1v) is 11.2. The Morgan fingerprint density at radius 1 is 1.09 bits per heavy atom. The Morgan fingerprint density at radius 2 is 1.84 bits per heavy atom. The van der Waals surface area contributed by atoms with Crippen LogP contribution in [0.1, 0.15) is 34.4 Å². The number of para-hydroxylation sites is 1. The number of benzene rings is 1. The lowest BCUT2D eigenvalue weighted by Crippen LogP contribution is -2.25. The van der Waals surface area contributed by atoms with Crippen LogP contribution in [0.15, 0.2) is 66.2 Å². The summed E-state index contributed by atoms with van der Waals surface area (Å²) >= 11 is 1.42. The zero-order valence-electron chi connectivity index (χ0n) is 18.1. The number of aromatic nitrogens is 3. The lowest BCUT2D eigenvalue weighted by Gasteiger charge is -2.13. The quantitative estimate of drug-likeness (QED) is 0.297. The van der Waals surface area contributed by atoms with Crippen molar-refractivity contribution < 1.29 is 14.3 Å². The number of carbonyl (C=O) groups is 2. The molecule has 3 aromatic heterocycles. The Bertz CT molecular complexity index is 1250. The minimum absolute atomic E-state index is 0.00396. The van der Waals surface area contributed by atoms with Crippen molar-refractivity contribution in [3.8, 4) is 16.4 Å². The van der Waals surface area contributed by atoms with E-state index in [-0.39, 0.29) is 12.2 Å². The Kier molecular flexibility index (Phi) is 6.28. The lowest BCUT2D eigenvalue weighted by atomic mass is 10.1. The van der Waals surface area contributed by atoms with Crippen molar-refractivity contribution in [1.29, 1.82) is 0 Å². The summed E-state index contributed by atoms with van der Waals surface area (Å²) in [6.07, 6.45) is 0.817. The highest BCUT2D eigenvalue weighted by Gasteiger charge is 2.24. The van der Waals surface area contributed by atoms with Gasteiger partial charge in [-0.15, -0.1) is 11.3 Å². The topological polar surface area (TPSA) is 74.1 Å². The first-order valence-electron chi connectivity index (χ1n) is 10.3. The molecule has 7 heteroatoms. The van der Waals surface area contributed by atoms with E-state index in [1.807, 2.05) is 78.4 Å². The van der Waals surface area contributed by atoms with Gasteiger partial charge in [-0.2, -0.15) is 0 Å². The van der Waals surface area contributed by atoms with Crippen LogP contribution in [0.2, 0.25) is 0 Å². The molecule has 0 amide bonds. The lowest BCUT2D eigenvalue weighted by molar-refractivity contribution is -0.145. The first-order chi connectivity index (χ1) is 15.4. The van der Waals surface area contributed by atoms with Crippen LogP contribution in [0, 0.1) is 13.8 Å². The number of hydrogen-bond acceptors (Lipinski definition) is 6. The van der Waals surface area contributed by atoms with E-state index in [9.17, 15) is 9.59 Å². The molecule has 0 saturated carbocycles. The number of carbonyl (C=O) groups excluding carboxylic acids is 2. The van der Waals surface area contributed by atoms with Crippen LogP contribution in [0.25, 0.3) is 16.4 Å². The number of nitrogens with zero attached hydrogens (tertiary/aromatic N) is 3. The van der Waals surface area contributed by atoms with E-state index in [4.69, 9.17) is 4.74 Å². The van der Waals surface area contributed by atoms with E-state index in [0.29, 0.717) is 11.3 Å². The molecule has 0 aliphatic heterocycles. The number of rotatable bonds is 7. The number of esters is 1. The standard InChI is InChI=1S/C25H23N3O3S/c1-16-13-21(17(2)28(16)20-9-5-4-6-10-20)24(30)18(3)31-23(29)14-19-15-32-25(27-19)22-11-7-8-12-26-22/h4-13,15,18H,14H2,1-3H3/t18-/m1/s1. The van der Waals surface area contributed by atoms with Crippen LogP contribution >= 0.6 is 11.3 Å². The van der Waals surface area contributed by atoms with Gasteiger partial charge in [-0.1, -0.05) is 24.3 Å². The van der Waals surface area contributed by atoms with Gasteiger partial charge in [0.25, 0.3) is 0 Å². The molecule has 162 valence electrons. The van der Waals surface area contributed by atoms with Crippen molar-refractivity contribution in [2.75, 3.05) is 0 Å². The van der Waals surface area contributed by atoms with Crippen molar-refractivity contribution in [3.63, 3.8) is 0 Å². The van der Waals surface area contributed by atoms with Gasteiger partial charge in [-0.05, 0) is 51.1 Å². The fraction of sp³-hybridized carbons (Fsp3) is 0.200. The normalized spacial score (nSPS) is 11.8. The van der Waals surface area contributed by atoms with Gasteiger partial charge < -0.3 is 9.30 Å². The maximum Gasteiger partial charge on any atom is 0.312 e. The molecule has 0 saturated heterocycles. The fourth-order valence-electron chi connectivity index (χ4n) is 3.64. The fourth-order valence-corrected chi connectivity index (χ4v) is 4.44. The molecule has 6 nitrogen and oxygen atoms in total. The van der Waals surface area contributed by atoms with Gasteiger partial charge in [0.2, 0.25) is 5.78 Å². The maximum atomic E-state index is 13.0. The molecule has 3 heterocycles. The van der Waals surface area contributed by atoms with E-state index in [1.54, 1.807) is 13.1 Å². The minimum atomic E-state index is -0.888. The van der Waals surface area contributed by atoms with Crippen LogP contribution in [0.3, 0.4) is 0 Å². The highest BCUT2D eigenvalue weighted by atomic mass is 32.1. The molecule has 0 aliphatic carbocycles. The highest BCUT2D eigenvalue weighted by molar-refractivity contribution is 7.13. The van der Waals surface area contributed by atoms with Gasteiger partial charge in [-0.25, -0.2) is 4.98 Å². The summed E-state index contributed by atoms with van der Waals surface area (Å²) in [4.78, 5) is 34.2. The van der Waals surface area contributed by atoms with E-state index in [2.05, 4.69) is 9.97 Å². The number of hydrogen-bond donors (Lipinski definition) is 0. The Labute approximate surface area is 190 Å².